The maximum atomic E-state index is 12.6. The van der Waals surface area contributed by atoms with Crippen molar-refractivity contribution in [1.82, 2.24) is 25.8 Å². The molecule has 2 fully saturated rings. The number of aromatic nitrogens is 3. The van der Waals surface area contributed by atoms with E-state index in [0.29, 0.717) is 42.5 Å². The summed E-state index contributed by atoms with van der Waals surface area (Å²) in [5.41, 5.74) is 1.58. The predicted molar refractivity (Wildman–Crippen MR) is 130 cm³/mol. The highest BCUT2D eigenvalue weighted by Crippen LogP contribution is 2.36. The van der Waals surface area contributed by atoms with Crippen LogP contribution in [0.1, 0.15) is 12.8 Å². The quantitative estimate of drug-likeness (QED) is 0.398. The fraction of sp³-hybridized carbons (Fsp3) is 0.154. The SMILES string of the molecule is O=C1NC(=O)C2(CCCN2c2ccc(Oc3ccc(-c4cc(-c5ccncc5)no4)cc3)nc2)C(=O)N1. The zero-order valence-corrected chi connectivity index (χ0v) is 19.4. The van der Waals surface area contributed by atoms with Crippen LogP contribution in [0.15, 0.2) is 77.7 Å². The van der Waals surface area contributed by atoms with Gasteiger partial charge in [-0.15, -0.1) is 0 Å². The summed E-state index contributed by atoms with van der Waals surface area (Å²) < 4.78 is 11.4. The van der Waals surface area contributed by atoms with Crippen LogP contribution in [0.2, 0.25) is 0 Å². The van der Waals surface area contributed by atoms with Crippen LogP contribution in [-0.4, -0.2) is 45.1 Å². The van der Waals surface area contributed by atoms with Gasteiger partial charge in [-0.05, 0) is 55.3 Å². The molecule has 184 valence electrons. The Bertz CT molecular complexity index is 1460. The van der Waals surface area contributed by atoms with E-state index in [9.17, 15) is 14.4 Å². The van der Waals surface area contributed by atoms with Crippen LogP contribution >= 0.6 is 0 Å². The van der Waals surface area contributed by atoms with Crippen molar-refractivity contribution in [3.05, 3.63) is 73.2 Å². The summed E-state index contributed by atoms with van der Waals surface area (Å²) in [6.45, 7) is 0.475. The number of carbonyl (C=O) groups is 3. The van der Waals surface area contributed by atoms with E-state index in [1.165, 1.54) is 0 Å². The molecule has 0 aliphatic carbocycles. The number of rotatable bonds is 5. The first-order valence-corrected chi connectivity index (χ1v) is 11.6. The third-order valence-corrected chi connectivity index (χ3v) is 6.47. The maximum Gasteiger partial charge on any atom is 0.328 e. The molecule has 37 heavy (non-hydrogen) atoms. The lowest BCUT2D eigenvalue weighted by atomic mass is 9.92. The molecule has 2 saturated heterocycles. The molecule has 0 atom stereocenters. The van der Waals surface area contributed by atoms with Crippen LogP contribution in [-0.2, 0) is 9.59 Å². The lowest BCUT2D eigenvalue weighted by Crippen LogP contribution is -2.71. The Balaban J connectivity index is 1.16. The van der Waals surface area contributed by atoms with E-state index in [1.54, 1.807) is 47.8 Å². The van der Waals surface area contributed by atoms with Gasteiger partial charge in [0, 0.05) is 42.2 Å². The third kappa shape index (κ3) is 3.96. The molecule has 2 aliphatic heterocycles. The average molecular weight is 496 g/mol. The van der Waals surface area contributed by atoms with Crippen LogP contribution in [0.3, 0.4) is 0 Å². The number of amides is 4. The highest BCUT2D eigenvalue weighted by molar-refractivity contribution is 6.24. The van der Waals surface area contributed by atoms with Gasteiger partial charge in [-0.2, -0.15) is 0 Å². The molecule has 5 heterocycles. The van der Waals surface area contributed by atoms with E-state index in [4.69, 9.17) is 9.26 Å². The second kappa shape index (κ2) is 8.86. The van der Waals surface area contributed by atoms with Gasteiger partial charge in [-0.25, -0.2) is 9.78 Å². The molecule has 4 aromatic rings. The first-order valence-electron chi connectivity index (χ1n) is 11.6. The van der Waals surface area contributed by atoms with Gasteiger partial charge in [-0.3, -0.25) is 25.2 Å². The minimum Gasteiger partial charge on any atom is -0.439 e. The Kier molecular flexibility index (Phi) is 5.37. The fourth-order valence-corrected chi connectivity index (χ4v) is 4.66. The fourth-order valence-electron chi connectivity index (χ4n) is 4.66. The summed E-state index contributed by atoms with van der Waals surface area (Å²) >= 11 is 0. The van der Waals surface area contributed by atoms with Crippen molar-refractivity contribution in [3.63, 3.8) is 0 Å². The molecule has 3 aromatic heterocycles. The summed E-state index contributed by atoms with van der Waals surface area (Å²) in [6.07, 6.45) is 5.87. The number of carbonyl (C=O) groups excluding carboxylic acids is 3. The van der Waals surface area contributed by atoms with Crippen LogP contribution in [0.25, 0.3) is 22.6 Å². The predicted octanol–water partition coefficient (Wildman–Crippen LogP) is 3.30. The normalized spacial score (nSPS) is 16.5. The molecule has 0 saturated carbocycles. The van der Waals surface area contributed by atoms with Gasteiger partial charge in [-0.1, -0.05) is 5.16 Å². The average Bonchev–Trinajstić information content (AvgIpc) is 3.58. The number of hydrogen-bond acceptors (Lipinski definition) is 9. The second-order valence-corrected chi connectivity index (χ2v) is 8.65. The number of urea groups is 1. The van der Waals surface area contributed by atoms with Gasteiger partial charge < -0.3 is 14.2 Å². The van der Waals surface area contributed by atoms with Crippen LogP contribution in [0.5, 0.6) is 11.6 Å². The zero-order chi connectivity index (χ0) is 25.4. The molecule has 1 spiro atoms. The van der Waals surface area contributed by atoms with Crippen molar-refractivity contribution in [3.8, 4) is 34.2 Å². The monoisotopic (exact) mass is 496 g/mol. The maximum absolute atomic E-state index is 12.6. The van der Waals surface area contributed by atoms with Crippen molar-refractivity contribution in [2.45, 2.75) is 18.4 Å². The van der Waals surface area contributed by atoms with E-state index in [1.807, 2.05) is 30.3 Å². The summed E-state index contributed by atoms with van der Waals surface area (Å²) in [5, 5.41) is 8.53. The van der Waals surface area contributed by atoms with Crippen molar-refractivity contribution in [1.29, 1.82) is 0 Å². The molecular weight excluding hydrogens is 476 g/mol. The van der Waals surface area contributed by atoms with E-state index in [2.05, 4.69) is 25.8 Å². The number of anilines is 1. The topological polar surface area (TPSA) is 140 Å². The molecule has 4 amide bonds. The Hall–Kier alpha value is -5.06. The van der Waals surface area contributed by atoms with Crippen molar-refractivity contribution in [2.24, 2.45) is 0 Å². The van der Waals surface area contributed by atoms with Gasteiger partial charge in [0.15, 0.2) is 11.3 Å². The number of ether oxygens (including phenoxy) is 1. The largest absolute Gasteiger partial charge is 0.439 e. The number of imide groups is 2. The molecule has 6 rings (SSSR count). The first-order chi connectivity index (χ1) is 18.0. The lowest BCUT2D eigenvalue weighted by molar-refractivity contribution is -0.137. The smallest absolute Gasteiger partial charge is 0.328 e. The third-order valence-electron chi connectivity index (χ3n) is 6.47. The standard InChI is InChI=1S/C26H20N6O5/c33-23-26(24(34)30-25(35)29-23)10-1-13-32(26)18-4-7-22(28-15-18)36-19-5-2-17(3-6-19)21-14-20(31-37-21)16-8-11-27-12-9-16/h2-9,11-12,14-15H,1,10,13H2,(H2,29,30,33,34,35). The van der Waals surface area contributed by atoms with Gasteiger partial charge >= 0.3 is 6.03 Å². The summed E-state index contributed by atoms with van der Waals surface area (Å²) in [4.78, 5) is 46.8. The van der Waals surface area contributed by atoms with Crippen molar-refractivity contribution in [2.75, 3.05) is 11.4 Å². The molecule has 2 N–H and O–H groups in total. The van der Waals surface area contributed by atoms with E-state index >= 15 is 0 Å². The van der Waals surface area contributed by atoms with Crippen LogP contribution in [0, 0.1) is 0 Å². The van der Waals surface area contributed by atoms with Gasteiger partial charge in [0.2, 0.25) is 5.88 Å². The number of barbiturate groups is 1. The van der Waals surface area contributed by atoms with Crippen LogP contribution < -0.4 is 20.3 Å². The second-order valence-electron chi connectivity index (χ2n) is 8.65. The molecule has 0 bridgehead atoms. The molecule has 0 radical (unpaired) electrons. The van der Waals surface area contributed by atoms with Crippen LogP contribution in [0.4, 0.5) is 10.5 Å². The highest BCUT2D eigenvalue weighted by Gasteiger charge is 2.57. The molecular formula is C26H20N6O5. The lowest BCUT2D eigenvalue weighted by Gasteiger charge is -2.38. The Morgan fingerprint density at radius 1 is 0.919 bits per heavy atom. The Labute approximate surface area is 210 Å². The summed E-state index contributed by atoms with van der Waals surface area (Å²) in [6, 6.07) is 15.5. The summed E-state index contributed by atoms with van der Waals surface area (Å²) in [7, 11) is 0. The Morgan fingerprint density at radius 2 is 1.68 bits per heavy atom. The molecule has 11 nitrogen and oxygen atoms in total. The summed E-state index contributed by atoms with van der Waals surface area (Å²) in [5.74, 6) is 0.285. The van der Waals surface area contributed by atoms with Gasteiger partial charge in [0.1, 0.15) is 11.4 Å². The minimum absolute atomic E-state index is 0.303. The van der Waals surface area contributed by atoms with Gasteiger partial charge in [0.25, 0.3) is 11.8 Å². The zero-order valence-electron chi connectivity index (χ0n) is 19.4. The minimum atomic E-state index is -1.47. The van der Waals surface area contributed by atoms with Gasteiger partial charge in [0.05, 0.1) is 11.9 Å². The number of nitrogens with one attached hydrogen (secondary N) is 2. The van der Waals surface area contributed by atoms with E-state index in [-0.39, 0.29) is 0 Å². The van der Waals surface area contributed by atoms with Crippen molar-refractivity contribution < 1.29 is 23.6 Å². The van der Waals surface area contributed by atoms with Crippen molar-refractivity contribution >= 4 is 23.5 Å². The highest BCUT2D eigenvalue weighted by atomic mass is 16.5. The number of hydrogen-bond donors (Lipinski definition) is 2. The number of nitrogens with zero attached hydrogens (tertiary/aromatic N) is 4. The van der Waals surface area contributed by atoms with E-state index < -0.39 is 23.4 Å². The molecule has 2 aliphatic rings. The van der Waals surface area contributed by atoms with E-state index in [0.717, 1.165) is 16.8 Å². The molecule has 1 aromatic carbocycles. The Morgan fingerprint density at radius 3 is 2.38 bits per heavy atom. The molecule has 0 unspecified atom stereocenters. The number of benzene rings is 1. The first kappa shape index (κ1) is 22.4. The molecule has 11 heteroatoms. The number of pyridine rings is 2.